The molecule has 0 saturated carbocycles. The summed E-state index contributed by atoms with van der Waals surface area (Å²) in [7, 11) is 0. The van der Waals surface area contributed by atoms with Crippen molar-refractivity contribution in [3.63, 3.8) is 0 Å². The molecule has 1 aliphatic rings. The van der Waals surface area contributed by atoms with Crippen LogP contribution in [0.5, 0.6) is 0 Å². The number of benzene rings is 1. The van der Waals surface area contributed by atoms with Crippen molar-refractivity contribution in [3.8, 4) is 0 Å². The molecule has 0 aliphatic heterocycles. The predicted octanol–water partition coefficient (Wildman–Crippen LogP) is 4.04. The zero-order valence-electron chi connectivity index (χ0n) is 15.5. The first-order valence-corrected chi connectivity index (χ1v) is 9.28. The second kappa shape index (κ2) is 9.07. The zero-order chi connectivity index (χ0) is 19.1. The van der Waals surface area contributed by atoms with Crippen LogP contribution in [0.2, 0.25) is 0 Å². The van der Waals surface area contributed by atoms with Crippen LogP contribution in [0.4, 0.5) is 11.5 Å². The first-order valence-electron chi connectivity index (χ1n) is 9.28. The van der Waals surface area contributed by atoms with Gasteiger partial charge >= 0.3 is 0 Å². The molecular formula is C21H24N4O2. The fourth-order valence-electron chi connectivity index (χ4n) is 3.00. The monoisotopic (exact) mass is 364 g/mol. The Morgan fingerprint density at radius 2 is 1.89 bits per heavy atom. The van der Waals surface area contributed by atoms with Crippen molar-refractivity contribution in [2.75, 3.05) is 11.9 Å². The standard InChI is InChI=1S/C21H24N4O2/c1-15(26)17-7-9-18(10-8-17)25-20-14-23-19(13-24-20)21(27)22-12-11-16-5-3-2-4-6-16/h5,7-10,13-14H,2-4,6,11-12H2,1H3,(H,22,27)(H,24,25). The Morgan fingerprint density at radius 3 is 2.52 bits per heavy atom. The Labute approximate surface area is 159 Å². The third kappa shape index (κ3) is 5.48. The van der Waals surface area contributed by atoms with Crippen molar-refractivity contribution in [3.05, 3.63) is 59.6 Å². The van der Waals surface area contributed by atoms with Gasteiger partial charge in [0, 0.05) is 17.8 Å². The quantitative estimate of drug-likeness (QED) is 0.572. The van der Waals surface area contributed by atoms with E-state index in [1.807, 2.05) is 0 Å². The molecule has 0 unspecified atom stereocenters. The number of hydrogen-bond donors (Lipinski definition) is 2. The molecule has 6 nitrogen and oxygen atoms in total. The van der Waals surface area contributed by atoms with Gasteiger partial charge in [0.05, 0.1) is 12.4 Å². The van der Waals surface area contributed by atoms with Gasteiger partial charge in [-0.3, -0.25) is 9.59 Å². The number of ketones is 1. The SMILES string of the molecule is CC(=O)c1ccc(Nc2cnc(C(=O)NCCC3=CCCCC3)cn2)cc1. The lowest BCUT2D eigenvalue weighted by Crippen LogP contribution is -2.26. The molecule has 2 aromatic rings. The van der Waals surface area contributed by atoms with E-state index in [4.69, 9.17) is 0 Å². The Balaban J connectivity index is 1.50. The maximum Gasteiger partial charge on any atom is 0.271 e. The lowest BCUT2D eigenvalue weighted by molar-refractivity contribution is 0.0947. The fourth-order valence-corrected chi connectivity index (χ4v) is 3.00. The lowest BCUT2D eigenvalue weighted by atomic mass is 9.97. The summed E-state index contributed by atoms with van der Waals surface area (Å²) in [6.45, 7) is 2.15. The van der Waals surface area contributed by atoms with Crippen molar-refractivity contribution in [2.45, 2.75) is 39.0 Å². The molecule has 3 rings (SSSR count). The van der Waals surface area contributed by atoms with E-state index in [1.54, 1.807) is 24.3 Å². The zero-order valence-corrected chi connectivity index (χ0v) is 15.5. The summed E-state index contributed by atoms with van der Waals surface area (Å²) in [5, 5.41) is 6.00. The second-order valence-corrected chi connectivity index (χ2v) is 6.66. The molecule has 6 heteroatoms. The van der Waals surface area contributed by atoms with E-state index in [9.17, 15) is 9.59 Å². The van der Waals surface area contributed by atoms with Gasteiger partial charge in [-0.1, -0.05) is 11.6 Å². The van der Waals surface area contributed by atoms with E-state index in [0.717, 1.165) is 24.9 Å². The number of allylic oxidation sites excluding steroid dienone is 1. The number of aromatic nitrogens is 2. The maximum atomic E-state index is 12.2. The molecule has 1 aromatic heterocycles. The molecule has 1 heterocycles. The molecule has 140 valence electrons. The molecule has 0 atom stereocenters. The largest absolute Gasteiger partial charge is 0.350 e. The molecule has 1 aromatic carbocycles. The first-order chi connectivity index (χ1) is 13.1. The summed E-state index contributed by atoms with van der Waals surface area (Å²) in [6, 6.07) is 7.11. The maximum absolute atomic E-state index is 12.2. The van der Waals surface area contributed by atoms with Crippen LogP contribution in [-0.2, 0) is 0 Å². The number of nitrogens with zero attached hydrogens (tertiary/aromatic N) is 2. The summed E-state index contributed by atoms with van der Waals surface area (Å²) < 4.78 is 0. The Kier molecular flexibility index (Phi) is 6.30. The van der Waals surface area contributed by atoms with Crippen LogP contribution in [0.25, 0.3) is 0 Å². The van der Waals surface area contributed by atoms with Crippen molar-refractivity contribution in [1.29, 1.82) is 0 Å². The second-order valence-electron chi connectivity index (χ2n) is 6.66. The molecule has 0 fully saturated rings. The molecule has 1 amide bonds. The predicted molar refractivity (Wildman–Crippen MR) is 105 cm³/mol. The number of Topliss-reactive ketones (excluding diaryl/α,β-unsaturated/α-hetero) is 1. The fraction of sp³-hybridized carbons (Fsp3) is 0.333. The van der Waals surface area contributed by atoms with Gasteiger partial charge in [-0.25, -0.2) is 9.97 Å². The number of nitrogens with one attached hydrogen (secondary N) is 2. The number of hydrogen-bond acceptors (Lipinski definition) is 5. The number of rotatable bonds is 7. The topological polar surface area (TPSA) is 84.0 Å². The summed E-state index contributed by atoms with van der Waals surface area (Å²) in [5.74, 6) is 0.349. The van der Waals surface area contributed by atoms with Crippen molar-refractivity contribution < 1.29 is 9.59 Å². The minimum absolute atomic E-state index is 0.0245. The Hall–Kier alpha value is -3.02. The van der Waals surface area contributed by atoms with Crippen LogP contribution in [0.3, 0.4) is 0 Å². The average Bonchev–Trinajstić information content (AvgIpc) is 2.70. The molecule has 0 saturated heterocycles. The molecule has 2 N–H and O–H groups in total. The van der Waals surface area contributed by atoms with Gasteiger partial charge in [0.15, 0.2) is 5.78 Å². The highest BCUT2D eigenvalue weighted by atomic mass is 16.1. The van der Waals surface area contributed by atoms with Crippen LogP contribution in [0, 0.1) is 0 Å². The van der Waals surface area contributed by atoms with E-state index >= 15 is 0 Å². The van der Waals surface area contributed by atoms with Crippen LogP contribution in [0.15, 0.2) is 48.3 Å². The highest BCUT2D eigenvalue weighted by molar-refractivity contribution is 5.94. The van der Waals surface area contributed by atoms with Gasteiger partial charge in [0.1, 0.15) is 11.5 Å². The summed E-state index contributed by atoms with van der Waals surface area (Å²) in [5.41, 5.74) is 3.18. The molecular weight excluding hydrogens is 340 g/mol. The normalized spacial score (nSPS) is 13.6. The van der Waals surface area contributed by atoms with Crippen molar-refractivity contribution in [2.24, 2.45) is 0 Å². The van der Waals surface area contributed by atoms with Gasteiger partial charge in [-0.2, -0.15) is 0 Å². The molecule has 0 bridgehead atoms. The van der Waals surface area contributed by atoms with E-state index < -0.39 is 0 Å². The van der Waals surface area contributed by atoms with E-state index in [0.29, 0.717) is 23.6 Å². The summed E-state index contributed by atoms with van der Waals surface area (Å²) in [6.07, 6.45) is 11.0. The molecule has 0 spiro atoms. The molecule has 0 radical (unpaired) electrons. The van der Waals surface area contributed by atoms with Crippen LogP contribution in [0.1, 0.15) is 59.9 Å². The van der Waals surface area contributed by atoms with Crippen molar-refractivity contribution >= 4 is 23.2 Å². The minimum atomic E-state index is -0.212. The van der Waals surface area contributed by atoms with Gasteiger partial charge in [-0.05, 0) is 63.3 Å². The summed E-state index contributed by atoms with van der Waals surface area (Å²) >= 11 is 0. The van der Waals surface area contributed by atoms with Gasteiger partial charge in [0.25, 0.3) is 5.91 Å². The number of amides is 1. The van der Waals surface area contributed by atoms with Crippen LogP contribution >= 0.6 is 0 Å². The third-order valence-electron chi connectivity index (χ3n) is 4.57. The highest BCUT2D eigenvalue weighted by Crippen LogP contribution is 2.19. The lowest BCUT2D eigenvalue weighted by Gasteiger charge is -2.12. The van der Waals surface area contributed by atoms with E-state index in [2.05, 4.69) is 26.7 Å². The number of anilines is 2. The van der Waals surface area contributed by atoms with Gasteiger partial charge < -0.3 is 10.6 Å². The number of carbonyl (C=O) groups is 2. The molecule has 1 aliphatic carbocycles. The third-order valence-corrected chi connectivity index (χ3v) is 4.57. The molecule has 27 heavy (non-hydrogen) atoms. The summed E-state index contributed by atoms with van der Waals surface area (Å²) in [4.78, 5) is 31.9. The van der Waals surface area contributed by atoms with E-state index in [-0.39, 0.29) is 11.7 Å². The van der Waals surface area contributed by atoms with Crippen LogP contribution < -0.4 is 10.6 Å². The number of carbonyl (C=O) groups excluding carboxylic acids is 2. The van der Waals surface area contributed by atoms with Crippen molar-refractivity contribution in [1.82, 2.24) is 15.3 Å². The Morgan fingerprint density at radius 1 is 1.07 bits per heavy atom. The smallest absolute Gasteiger partial charge is 0.271 e. The van der Waals surface area contributed by atoms with Crippen LogP contribution in [-0.4, -0.2) is 28.2 Å². The van der Waals surface area contributed by atoms with E-state index in [1.165, 1.54) is 37.7 Å². The average molecular weight is 364 g/mol. The van der Waals surface area contributed by atoms with Gasteiger partial charge in [-0.15, -0.1) is 0 Å². The highest BCUT2D eigenvalue weighted by Gasteiger charge is 2.09. The Bertz CT molecular complexity index is 826. The minimum Gasteiger partial charge on any atom is -0.350 e. The van der Waals surface area contributed by atoms with Gasteiger partial charge in [0.2, 0.25) is 0 Å². The first kappa shape index (κ1) is 18.8.